The Morgan fingerprint density at radius 2 is 2.16 bits per heavy atom. The quantitative estimate of drug-likeness (QED) is 0.816. The van der Waals surface area contributed by atoms with E-state index in [2.05, 4.69) is 10.5 Å². The Morgan fingerprint density at radius 1 is 1.53 bits per heavy atom. The second kappa shape index (κ2) is 5.86. The van der Waals surface area contributed by atoms with E-state index in [1.165, 1.54) is 0 Å². The molecule has 0 bridgehead atoms. The summed E-state index contributed by atoms with van der Waals surface area (Å²) in [6.45, 7) is 7.24. The van der Waals surface area contributed by atoms with Crippen LogP contribution < -0.4 is 5.32 Å². The van der Waals surface area contributed by atoms with E-state index < -0.39 is 11.5 Å². The van der Waals surface area contributed by atoms with Crippen molar-refractivity contribution in [2.45, 2.75) is 46.1 Å². The lowest BCUT2D eigenvalue weighted by atomic mass is 9.85. The number of nitrogens with zero attached hydrogens (tertiary/aromatic N) is 1. The molecule has 0 saturated carbocycles. The molecule has 0 fully saturated rings. The van der Waals surface area contributed by atoms with Crippen LogP contribution in [0.15, 0.2) is 10.6 Å². The number of carboxylic acids is 1. The summed E-state index contributed by atoms with van der Waals surface area (Å²) in [6.07, 6.45) is -0.0342. The Labute approximate surface area is 112 Å². The molecule has 0 saturated heterocycles. The Bertz CT molecular complexity index is 467. The van der Waals surface area contributed by atoms with Crippen molar-refractivity contribution in [3.63, 3.8) is 0 Å². The van der Waals surface area contributed by atoms with E-state index >= 15 is 0 Å². The second-order valence-electron chi connectivity index (χ2n) is 5.30. The Balaban J connectivity index is 2.69. The first kappa shape index (κ1) is 15.2. The fourth-order valence-corrected chi connectivity index (χ4v) is 1.74. The summed E-state index contributed by atoms with van der Waals surface area (Å²) in [7, 11) is 0. The summed E-state index contributed by atoms with van der Waals surface area (Å²) in [4.78, 5) is 22.8. The van der Waals surface area contributed by atoms with Crippen molar-refractivity contribution in [3.05, 3.63) is 17.5 Å². The third-order valence-electron chi connectivity index (χ3n) is 3.24. The number of carboxylic acid groups (broad SMARTS) is 1. The Morgan fingerprint density at radius 3 is 2.58 bits per heavy atom. The summed E-state index contributed by atoms with van der Waals surface area (Å²) in [6, 6.07) is 1.68. The predicted octanol–water partition coefficient (Wildman–Crippen LogP) is 1.53. The zero-order valence-corrected chi connectivity index (χ0v) is 11.7. The van der Waals surface area contributed by atoms with Crippen LogP contribution in [0.4, 0.5) is 0 Å². The third-order valence-corrected chi connectivity index (χ3v) is 3.24. The van der Waals surface area contributed by atoms with Crippen molar-refractivity contribution in [3.8, 4) is 0 Å². The van der Waals surface area contributed by atoms with Gasteiger partial charge in [-0.15, -0.1) is 0 Å². The molecule has 1 aromatic rings. The number of amides is 1. The molecule has 2 N–H and O–H groups in total. The van der Waals surface area contributed by atoms with Gasteiger partial charge in [0, 0.05) is 11.6 Å². The van der Waals surface area contributed by atoms with Crippen molar-refractivity contribution in [1.82, 2.24) is 10.5 Å². The first-order valence-corrected chi connectivity index (χ1v) is 6.18. The maximum absolute atomic E-state index is 11.9. The maximum atomic E-state index is 11.9. The van der Waals surface area contributed by atoms with Crippen LogP contribution in [0.3, 0.4) is 0 Å². The van der Waals surface area contributed by atoms with Gasteiger partial charge in [0.1, 0.15) is 5.76 Å². The third kappa shape index (κ3) is 4.39. The predicted molar refractivity (Wildman–Crippen MR) is 68.6 cm³/mol. The number of carbonyl (C=O) groups is 2. The lowest BCUT2D eigenvalue weighted by molar-refractivity contribution is -0.139. The molecule has 106 valence electrons. The van der Waals surface area contributed by atoms with Crippen LogP contribution in [0, 0.1) is 12.8 Å². The molecule has 0 radical (unpaired) electrons. The van der Waals surface area contributed by atoms with E-state index in [1.54, 1.807) is 19.9 Å². The first-order chi connectivity index (χ1) is 8.73. The van der Waals surface area contributed by atoms with Crippen LogP contribution in [0.25, 0.3) is 0 Å². The van der Waals surface area contributed by atoms with Gasteiger partial charge in [0.2, 0.25) is 5.91 Å². The van der Waals surface area contributed by atoms with Gasteiger partial charge in [-0.3, -0.25) is 9.59 Å². The molecule has 1 rings (SSSR count). The molecular weight excluding hydrogens is 248 g/mol. The SMILES string of the molecule is Cc1cc(CC(=O)NC(C)(CC(=O)O)C(C)C)no1. The summed E-state index contributed by atoms with van der Waals surface area (Å²) < 4.78 is 4.88. The van der Waals surface area contributed by atoms with Crippen molar-refractivity contribution in [2.24, 2.45) is 5.92 Å². The fourth-order valence-electron chi connectivity index (χ4n) is 1.74. The lowest BCUT2D eigenvalue weighted by Crippen LogP contribution is -2.51. The molecule has 6 nitrogen and oxygen atoms in total. The zero-order chi connectivity index (χ0) is 14.6. The van der Waals surface area contributed by atoms with Crippen molar-refractivity contribution in [1.29, 1.82) is 0 Å². The van der Waals surface area contributed by atoms with Gasteiger partial charge in [-0.2, -0.15) is 0 Å². The van der Waals surface area contributed by atoms with Gasteiger partial charge in [-0.25, -0.2) is 0 Å². The minimum atomic E-state index is -0.936. The highest BCUT2D eigenvalue weighted by molar-refractivity contribution is 5.80. The Hall–Kier alpha value is -1.85. The van der Waals surface area contributed by atoms with Gasteiger partial charge in [-0.1, -0.05) is 19.0 Å². The van der Waals surface area contributed by atoms with Gasteiger partial charge >= 0.3 is 5.97 Å². The number of aromatic nitrogens is 1. The number of aryl methyl sites for hydroxylation is 1. The van der Waals surface area contributed by atoms with Gasteiger partial charge < -0.3 is 14.9 Å². The molecule has 0 aliphatic carbocycles. The summed E-state index contributed by atoms with van der Waals surface area (Å²) in [5.74, 6) is -0.550. The van der Waals surface area contributed by atoms with E-state index in [0.29, 0.717) is 11.5 Å². The summed E-state index contributed by atoms with van der Waals surface area (Å²) >= 11 is 0. The van der Waals surface area contributed by atoms with Gasteiger partial charge in [0.25, 0.3) is 0 Å². The number of carbonyl (C=O) groups excluding carboxylic acids is 1. The van der Waals surface area contributed by atoms with Crippen LogP contribution in [-0.4, -0.2) is 27.7 Å². The molecule has 1 aromatic heterocycles. The highest BCUT2D eigenvalue weighted by Gasteiger charge is 2.32. The molecule has 0 aromatic carbocycles. The van der Waals surface area contributed by atoms with Crippen molar-refractivity contribution >= 4 is 11.9 Å². The molecule has 0 spiro atoms. The minimum Gasteiger partial charge on any atom is -0.481 e. The molecule has 0 aliphatic rings. The van der Waals surface area contributed by atoms with E-state index in [1.807, 2.05) is 13.8 Å². The molecule has 1 amide bonds. The maximum Gasteiger partial charge on any atom is 0.305 e. The molecule has 1 heterocycles. The molecule has 19 heavy (non-hydrogen) atoms. The van der Waals surface area contributed by atoms with Crippen molar-refractivity contribution in [2.75, 3.05) is 0 Å². The van der Waals surface area contributed by atoms with Crippen LogP contribution in [0.2, 0.25) is 0 Å². The van der Waals surface area contributed by atoms with E-state index in [9.17, 15) is 9.59 Å². The number of nitrogens with one attached hydrogen (secondary N) is 1. The number of aliphatic carboxylic acids is 1. The topological polar surface area (TPSA) is 92.4 Å². The largest absolute Gasteiger partial charge is 0.481 e. The monoisotopic (exact) mass is 268 g/mol. The molecule has 1 unspecified atom stereocenters. The van der Waals surface area contributed by atoms with Crippen LogP contribution in [0.1, 0.15) is 38.6 Å². The zero-order valence-electron chi connectivity index (χ0n) is 11.7. The summed E-state index contributed by atoms with van der Waals surface area (Å²) in [5.41, 5.74) is -0.238. The minimum absolute atomic E-state index is 0.00611. The lowest BCUT2D eigenvalue weighted by Gasteiger charge is -2.33. The normalized spacial score (nSPS) is 14.2. The van der Waals surface area contributed by atoms with Crippen LogP contribution >= 0.6 is 0 Å². The Kier molecular flexibility index (Phi) is 4.69. The first-order valence-electron chi connectivity index (χ1n) is 6.18. The summed E-state index contributed by atoms with van der Waals surface area (Å²) in [5, 5.41) is 15.4. The van der Waals surface area contributed by atoms with Gasteiger partial charge in [0.05, 0.1) is 18.5 Å². The van der Waals surface area contributed by atoms with E-state index in [4.69, 9.17) is 9.63 Å². The van der Waals surface area contributed by atoms with E-state index in [0.717, 1.165) is 0 Å². The number of hydrogen-bond acceptors (Lipinski definition) is 4. The molecule has 0 aliphatic heterocycles. The van der Waals surface area contributed by atoms with E-state index in [-0.39, 0.29) is 24.7 Å². The highest BCUT2D eigenvalue weighted by atomic mass is 16.5. The fraction of sp³-hybridized carbons (Fsp3) is 0.615. The number of hydrogen-bond donors (Lipinski definition) is 2. The molecule has 1 atom stereocenters. The van der Waals surface area contributed by atoms with Crippen molar-refractivity contribution < 1.29 is 19.2 Å². The van der Waals surface area contributed by atoms with Gasteiger partial charge in [0.15, 0.2) is 0 Å². The highest BCUT2D eigenvalue weighted by Crippen LogP contribution is 2.21. The number of rotatable bonds is 6. The molecule has 6 heteroatoms. The van der Waals surface area contributed by atoms with Crippen LogP contribution in [-0.2, 0) is 16.0 Å². The average Bonchev–Trinajstić information content (AvgIpc) is 2.61. The van der Waals surface area contributed by atoms with Gasteiger partial charge in [-0.05, 0) is 19.8 Å². The molecular formula is C13H20N2O4. The standard InChI is InChI=1S/C13H20N2O4/c1-8(2)13(4,7-12(17)18)14-11(16)6-10-5-9(3)19-15-10/h5,8H,6-7H2,1-4H3,(H,14,16)(H,17,18). The van der Waals surface area contributed by atoms with Crippen LogP contribution in [0.5, 0.6) is 0 Å². The average molecular weight is 268 g/mol. The second-order valence-corrected chi connectivity index (χ2v) is 5.30. The smallest absolute Gasteiger partial charge is 0.305 e.